The number of anilines is 1. The first-order chi connectivity index (χ1) is 12.2. The fourth-order valence-electron chi connectivity index (χ4n) is 2.93. The van der Waals surface area contributed by atoms with Gasteiger partial charge in [-0.05, 0) is 58.6 Å². The summed E-state index contributed by atoms with van der Waals surface area (Å²) in [7, 11) is 0. The maximum atomic E-state index is 12.1. The van der Waals surface area contributed by atoms with Gasteiger partial charge in [0.25, 0.3) is 5.91 Å². The van der Waals surface area contributed by atoms with E-state index in [4.69, 9.17) is 4.74 Å². The quantitative estimate of drug-likeness (QED) is 0.749. The number of aryl methyl sites for hydroxylation is 1. The minimum Gasteiger partial charge on any atom is -0.378 e. The monoisotopic (exact) mass is 402 g/mol. The molecule has 0 saturated carbocycles. The molecule has 1 aliphatic heterocycles. The smallest absolute Gasteiger partial charge is 0.252 e. The first-order valence-electron chi connectivity index (χ1n) is 8.68. The van der Waals surface area contributed by atoms with Gasteiger partial charge in [-0.15, -0.1) is 0 Å². The SMILES string of the molecule is O=C(NCCCc1ccc(N2CCOCC2)cc1)c1ccccc1Br. The summed E-state index contributed by atoms with van der Waals surface area (Å²) in [4.78, 5) is 14.5. The van der Waals surface area contributed by atoms with E-state index >= 15 is 0 Å². The number of morpholine rings is 1. The summed E-state index contributed by atoms with van der Waals surface area (Å²) in [5.74, 6) is -0.0323. The van der Waals surface area contributed by atoms with Crippen LogP contribution in [0.25, 0.3) is 0 Å². The van der Waals surface area contributed by atoms with E-state index in [0.29, 0.717) is 12.1 Å². The van der Waals surface area contributed by atoms with Crippen LogP contribution in [-0.4, -0.2) is 38.8 Å². The number of hydrogen-bond acceptors (Lipinski definition) is 3. The number of ether oxygens (including phenoxy) is 1. The molecule has 2 aromatic carbocycles. The molecule has 4 nitrogen and oxygen atoms in total. The Morgan fingerprint density at radius 3 is 2.52 bits per heavy atom. The van der Waals surface area contributed by atoms with Crippen molar-refractivity contribution in [3.8, 4) is 0 Å². The fourth-order valence-corrected chi connectivity index (χ4v) is 3.39. The van der Waals surface area contributed by atoms with Crippen LogP contribution >= 0.6 is 15.9 Å². The van der Waals surface area contributed by atoms with Gasteiger partial charge in [0.05, 0.1) is 18.8 Å². The van der Waals surface area contributed by atoms with Crippen LogP contribution in [0.5, 0.6) is 0 Å². The third kappa shape index (κ3) is 5.06. The zero-order valence-electron chi connectivity index (χ0n) is 14.2. The summed E-state index contributed by atoms with van der Waals surface area (Å²) >= 11 is 3.41. The van der Waals surface area contributed by atoms with Crippen molar-refractivity contribution in [3.63, 3.8) is 0 Å². The van der Waals surface area contributed by atoms with Gasteiger partial charge >= 0.3 is 0 Å². The van der Waals surface area contributed by atoms with Crippen molar-refractivity contribution in [2.24, 2.45) is 0 Å². The Labute approximate surface area is 157 Å². The number of halogens is 1. The molecule has 3 rings (SSSR count). The first-order valence-corrected chi connectivity index (χ1v) is 9.48. The molecule has 0 aliphatic carbocycles. The normalized spacial score (nSPS) is 14.4. The maximum absolute atomic E-state index is 12.1. The average Bonchev–Trinajstić information content (AvgIpc) is 2.66. The van der Waals surface area contributed by atoms with E-state index in [9.17, 15) is 4.79 Å². The number of hydrogen-bond donors (Lipinski definition) is 1. The highest BCUT2D eigenvalue weighted by atomic mass is 79.9. The summed E-state index contributed by atoms with van der Waals surface area (Å²) in [6, 6.07) is 16.2. The number of carbonyl (C=O) groups excluding carboxylic acids is 1. The first kappa shape index (κ1) is 18.0. The minimum absolute atomic E-state index is 0.0323. The number of carbonyl (C=O) groups is 1. The molecule has 0 atom stereocenters. The van der Waals surface area contributed by atoms with Crippen LogP contribution in [0.3, 0.4) is 0 Å². The summed E-state index contributed by atoms with van der Waals surface area (Å²) in [5, 5.41) is 2.98. The summed E-state index contributed by atoms with van der Waals surface area (Å²) in [6.45, 7) is 4.20. The van der Waals surface area contributed by atoms with Crippen LogP contribution in [0, 0.1) is 0 Å². The molecule has 132 valence electrons. The molecule has 1 saturated heterocycles. The number of amides is 1. The highest BCUT2D eigenvalue weighted by Crippen LogP contribution is 2.18. The predicted octanol–water partition coefficient (Wildman–Crippen LogP) is 3.65. The predicted molar refractivity (Wildman–Crippen MR) is 104 cm³/mol. The van der Waals surface area contributed by atoms with E-state index in [0.717, 1.165) is 43.6 Å². The zero-order valence-corrected chi connectivity index (χ0v) is 15.8. The lowest BCUT2D eigenvalue weighted by Gasteiger charge is -2.28. The molecule has 1 aliphatic rings. The second-order valence-corrected chi connectivity index (χ2v) is 6.96. The van der Waals surface area contributed by atoms with E-state index < -0.39 is 0 Å². The van der Waals surface area contributed by atoms with Gasteiger partial charge in [-0.25, -0.2) is 0 Å². The Morgan fingerprint density at radius 2 is 1.80 bits per heavy atom. The van der Waals surface area contributed by atoms with Gasteiger partial charge in [0.2, 0.25) is 0 Å². The lowest BCUT2D eigenvalue weighted by Crippen LogP contribution is -2.36. The Morgan fingerprint density at radius 1 is 1.08 bits per heavy atom. The van der Waals surface area contributed by atoms with E-state index in [1.54, 1.807) is 0 Å². The highest BCUT2D eigenvalue weighted by Gasteiger charge is 2.11. The molecule has 0 unspecified atom stereocenters. The molecule has 1 fully saturated rings. The molecule has 0 spiro atoms. The zero-order chi connectivity index (χ0) is 17.5. The Bertz CT molecular complexity index is 697. The molecule has 0 bridgehead atoms. The molecule has 2 aromatic rings. The second kappa shape index (κ2) is 9.02. The van der Waals surface area contributed by atoms with Crippen LogP contribution in [0.15, 0.2) is 53.0 Å². The van der Waals surface area contributed by atoms with Crippen molar-refractivity contribution in [1.29, 1.82) is 0 Å². The number of rotatable bonds is 6. The summed E-state index contributed by atoms with van der Waals surface area (Å²) in [6.07, 6.45) is 1.88. The van der Waals surface area contributed by atoms with E-state index in [-0.39, 0.29) is 5.91 Å². The van der Waals surface area contributed by atoms with Gasteiger partial charge in [-0.2, -0.15) is 0 Å². The van der Waals surface area contributed by atoms with Crippen molar-refractivity contribution < 1.29 is 9.53 Å². The van der Waals surface area contributed by atoms with E-state index in [1.807, 2.05) is 24.3 Å². The van der Waals surface area contributed by atoms with Crippen LogP contribution in [-0.2, 0) is 11.2 Å². The molecule has 0 aromatic heterocycles. The van der Waals surface area contributed by atoms with Gasteiger partial charge < -0.3 is 15.0 Å². The standard InChI is InChI=1S/C20H23BrN2O2/c21-19-6-2-1-5-18(19)20(24)22-11-3-4-16-7-9-17(10-8-16)23-12-14-25-15-13-23/h1-2,5-10H,3-4,11-15H2,(H,22,24). The fraction of sp³-hybridized carbons (Fsp3) is 0.350. The van der Waals surface area contributed by atoms with Crippen molar-refractivity contribution in [1.82, 2.24) is 5.32 Å². The molecular weight excluding hydrogens is 380 g/mol. The number of nitrogens with zero attached hydrogens (tertiary/aromatic N) is 1. The van der Waals surface area contributed by atoms with E-state index in [2.05, 4.69) is 50.4 Å². The number of nitrogens with one attached hydrogen (secondary N) is 1. The van der Waals surface area contributed by atoms with Gasteiger partial charge in [0, 0.05) is 29.8 Å². The van der Waals surface area contributed by atoms with Crippen molar-refractivity contribution in [2.75, 3.05) is 37.7 Å². The van der Waals surface area contributed by atoms with Gasteiger partial charge in [0.1, 0.15) is 0 Å². The topological polar surface area (TPSA) is 41.6 Å². The van der Waals surface area contributed by atoms with Crippen LogP contribution in [0.1, 0.15) is 22.3 Å². The van der Waals surface area contributed by atoms with Crippen LogP contribution in [0.4, 0.5) is 5.69 Å². The molecule has 5 heteroatoms. The molecule has 1 heterocycles. The van der Waals surface area contributed by atoms with Crippen molar-refractivity contribution in [2.45, 2.75) is 12.8 Å². The van der Waals surface area contributed by atoms with Gasteiger partial charge in [-0.1, -0.05) is 24.3 Å². The molecular formula is C20H23BrN2O2. The second-order valence-electron chi connectivity index (χ2n) is 6.11. The maximum Gasteiger partial charge on any atom is 0.252 e. The number of benzene rings is 2. The van der Waals surface area contributed by atoms with Crippen LogP contribution < -0.4 is 10.2 Å². The third-order valence-corrected chi connectivity index (χ3v) is 5.05. The summed E-state index contributed by atoms with van der Waals surface area (Å²) < 4.78 is 6.22. The third-order valence-electron chi connectivity index (χ3n) is 4.36. The highest BCUT2D eigenvalue weighted by molar-refractivity contribution is 9.10. The Kier molecular flexibility index (Phi) is 6.48. The Balaban J connectivity index is 1.43. The van der Waals surface area contributed by atoms with Crippen molar-refractivity contribution >= 4 is 27.5 Å². The van der Waals surface area contributed by atoms with Gasteiger partial charge in [0.15, 0.2) is 0 Å². The van der Waals surface area contributed by atoms with Crippen molar-refractivity contribution in [3.05, 3.63) is 64.1 Å². The molecule has 0 radical (unpaired) electrons. The largest absolute Gasteiger partial charge is 0.378 e. The molecule has 1 amide bonds. The van der Waals surface area contributed by atoms with E-state index in [1.165, 1.54) is 11.3 Å². The lowest BCUT2D eigenvalue weighted by molar-refractivity contribution is 0.0952. The molecule has 1 N–H and O–H groups in total. The van der Waals surface area contributed by atoms with Crippen LogP contribution in [0.2, 0.25) is 0 Å². The lowest BCUT2D eigenvalue weighted by atomic mass is 10.1. The summed E-state index contributed by atoms with van der Waals surface area (Å²) in [5.41, 5.74) is 3.23. The molecule has 25 heavy (non-hydrogen) atoms. The minimum atomic E-state index is -0.0323. The Hall–Kier alpha value is -1.85. The van der Waals surface area contributed by atoms with Gasteiger partial charge in [-0.3, -0.25) is 4.79 Å². The average molecular weight is 403 g/mol.